The van der Waals surface area contributed by atoms with Gasteiger partial charge in [0, 0.05) is 23.9 Å². The summed E-state index contributed by atoms with van der Waals surface area (Å²) < 4.78 is 38.4. The van der Waals surface area contributed by atoms with Crippen LogP contribution in [0.5, 0.6) is 5.75 Å². The average Bonchev–Trinajstić information content (AvgIpc) is 2.54. The van der Waals surface area contributed by atoms with Crippen molar-refractivity contribution >= 4 is 18.0 Å². The van der Waals surface area contributed by atoms with E-state index in [0.29, 0.717) is 0 Å². The highest BCUT2D eigenvalue weighted by Gasteiger charge is 2.18. The molecule has 0 aliphatic rings. The summed E-state index contributed by atoms with van der Waals surface area (Å²) in [5, 5.41) is 26.3. The Morgan fingerprint density at radius 2 is 2.12 bits per heavy atom. The molecule has 0 aliphatic carbocycles. The van der Waals surface area contributed by atoms with Crippen LogP contribution in [0.2, 0.25) is 0 Å². The van der Waals surface area contributed by atoms with Gasteiger partial charge in [-0.3, -0.25) is 10.2 Å². The number of halogens is 3. The first-order valence-corrected chi connectivity index (χ1v) is 7.04. The van der Waals surface area contributed by atoms with Crippen LogP contribution in [0.25, 0.3) is 0 Å². The summed E-state index contributed by atoms with van der Waals surface area (Å²) in [6.45, 7) is 0.147. The summed E-state index contributed by atoms with van der Waals surface area (Å²) in [4.78, 5) is 12.8. The maximum Gasteiger partial charge on any atom is 0.256 e. The van der Waals surface area contributed by atoms with Crippen molar-refractivity contribution in [3.63, 3.8) is 0 Å². The molecular weight excluding hydrogens is 339 g/mol. The number of carbonyl (C=O) groups is 1. The number of alkyl halides is 2. The molecular formula is C15H18F3N5O2. The second-order valence-electron chi connectivity index (χ2n) is 4.99. The monoisotopic (exact) mass is 357 g/mol. The van der Waals surface area contributed by atoms with E-state index in [1.54, 1.807) is 0 Å². The third-order valence-electron chi connectivity index (χ3n) is 3.17. The van der Waals surface area contributed by atoms with Crippen LogP contribution in [0, 0.1) is 16.6 Å². The molecule has 0 aliphatic heterocycles. The maximum absolute atomic E-state index is 13.3. The van der Waals surface area contributed by atoms with Gasteiger partial charge in [0.25, 0.3) is 12.3 Å². The number of hydrogen-bond donors (Lipinski definition) is 5. The number of phenols is 1. The molecule has 6 N–H and O–H groups in total. The van der Waals surface area contributed by atoms with Crippen molar-refractivity contribution in [1.29, 1.82) is 10.8 Å². The Balaban J connectivity index is 2.92. The number of amides is 1. The van der Waals surface area contributed by atoms with Crippen LogP contribution in [-0.4, -0.2) is 47.5 Å². The molecule has 7 nitrogen and oxygen atoms in total. The van der Waals surface area contributed by atoms with E-state index in [1.807, 2.05) is 0 Å². The molecule has 0 saturated carbocycles. The zero-order valence-electron chi connectivity index (χ0n) is 13.3. The molecule has 0 aromatic heterocycles. The number of nitrogens with one attached hydrogen (secondary N) is 3. The Labute approximate surface area is 141 Å². The molecule has 0 unspecified atom stereocenters. The standard InChI is InChI=1S/C15H18F3N5O2/c1-8(20)23(7-13(17)18)14(21)10(5-19)6-22-15(25)9-2-3-12(24)11(16)4-9/h2-5,13,19-20,24H,6-7,21H2,1H3,(H,22,25)/b14-10-,19-5?,20-8?. The summed E-state index contributed by atoms with van der Waals surface area (Å²) in [7, 11) is 0. The second-order valence-corrected chi connectivity index (χ2v) is 4.99. The molecule has 0 fully saturated rings. The first-order valence-electron chi connectivity index (χ1n) is 7.04. The first-order chi connectivity index (χ1) is 11.7. The number of hydrogen-bond acceptors (Lipinski definition) is 5. The molecule has 25 heavy (non-hydrogen) atoms. The molecule has 1 aromatic rings. The van der Waals surface area contributed by atoms with Gasteiger partial charge in [-0.25, -0.2) is 13.2 Å². The molecule has 10 heteroatoms. The highest BCUT2D eigenvalue weighted by molar-refractivity contribution is 5.95. The first kappa shape index (κ1) is 20.0. The van der Waals surface area contributed by atoms with Crippen molar-refractivity contribution in [2.75, 3.05) is 13.1 Å². The SMILES string of the molecule is CC(=N)N(CC(F)F)/C(N)=C(/C=N)CNC(=O)c1ccc(O)c(F)c1. The van der Waals surface area contributed by atoms with Crippen molar-refractivity contribution in [2.24, 2.45) is 5.73 Å². The normalized spacial score (nSPS) is 11.7. The fourth-order valence-corrected chi connectivity index (χ4v) is 1.87. The minimum absolute atomic E-state index is 0.000139. The zero-order valence-corrected chi connectivity index (χ0v) is 13.3. The molecule has 0 spiro atoms. The van der Waals surface area contributed by atoms with Gasteiger partial charge in [0.15, 0.2) is 11.6 Å². The largest absolute Gasteiger partial charge is 0.505 e. The third kappa shape index (κ3) is 5.52. The van der Waals surface area contributed by atoms with Gasteiger partial charge in [-0.15, -0.1) is 0 Å². The molecule has 0 heterocycles. The number of phenolic OH excluding ortho intramolecular Hbond substituents is 1. The van der Waals surface area contributed by atoms with Crippen molar-refractivity contribution in [3.8, 4) is 5.75 Å². The Morgan fingerprint density at radius 1 is 1.48 bits per heavy atom. The van der Waals surface area contributed by atoms with E-state index in [-0.39, 0.29) is 29.3 Å². The molecule has 0 atom stereocenters. The Morgan fingerprint density at radius 3 is 2.60 bits per heavy atom. The zero-order chi connectivity index (χ0) is 19.1. The summed E-state index contributed by atoms with van der Waals surface area (Å²) in [5.74, 6) is -2.80. The van der Waals surface area contributed by atoms with Crippen LogP contribution in [0.1, 0.15) is 17.3 Å². The highest BCUT2D eigenvalue weighted by Crippen LogP contribution is 2.16. The van der Waals surface area contributed by atoms with E-state index >= 15 is 0 Å². The molecule has 136 valence electrons. The Bertz CT molecular complexity index is 706. The van der Waals surface area contributed by atoms with E-state index in [4.69, 9.17) is 21.7 Å². The molecule has 0 saturated heterocycles. The summed E-state index contributed by atoms with van der Waals surface area (Å²) in [6, 6.07) is 3.02. The average molecular weight is 357 g/mol. The van der Waals surface area contributed by atoms with Gasteiger partial charge in [0.1, 0.15) is 5.82 Å². The number of amidine groups is 1. The van der Waals surface area contributed by atoms with Gasteiger partial charge in [-0.05, 0) is 25.1 Å². The number of rotatable bonds is 7. The maximum atomic E-state index is 13.3. The third-order valence-corrected chi connectivity index (χ3v) is 3.17. The predicted molar refractivity (Wildman–Crippen MR) is 86.5 cm³/mol. The molecule has 1 rings (SSSR count). The van der Waals surface area contributed by atoms with E-state index in [9.17, 15) is 18.0 Å². The lowest BCUT2D eigenvalue weighted by Gasteiger charge is -2.24. The quantitative estimate of drug-likeness (QED) is 0.376. The molecule has 1 amide bonds. The summed E-state index contributed by atoms with van der Waals surface area (Å²) >= 11 is 0. The van der Waals surface area contributed by atoms with Gasteiger partial charge >= 0.3 is 0 Å². The van der Waals surface area contributed by atoms with Crippen molar-refractivity contribution in [3.05, 3.63) is 41.0 Å². The van der Waals surface area contributed by atoms with Gasteiger partial charge in [-0.1, -0.05) is 0 Å². The number of nitrogens with two attached hydrogens (primary N) is 1. The lowest BCUT2D eigenvalue weighted by atomic mass is 10.2. The van der Waals surface area contributed by atoms with Crippen molar-refractivity contribution < 1.29 is 23.1 Å². The van der Waals surface area contributed by atoms with Crippen LogP contribution in [0.15, 0.2) is 29.6 Å². The number of nitrogens with zero attached hydrogens (tertiary/aromatic N) is 1. The van der Waals surface area contributed by atoms with Crippen molar-refractivity contribution in [2.45, 2.75) is 13.3 Å². The number of carbonyl (C=O) groups excluding carboxylic acids is 1. The smallest absolute Gasteiger partial charge is 0.256 e. The van der Waals surface area contributed by atoms with Crippen LogP contribution in [0.4, 0.5) is 13.2 Å². The summed E-state index contributed by atoms with van der Waals surface area (Å²) in [5.41, 5.74) is 5.65. The lowest BCUT2D eigenvalue weighted by Crippen LogP contribution is -2.38. The topological polar surface area (TPSA) is 126 Å². The van der Waals surface area contributed by atoms with Crippen LogP contribution in [0.3, 0.4) is 0 Å². The Hall–Kier alpha value is -3.04. The van der Waals surface area contributed by atoms with E-state index in [0.717, 1.165) is 23.2 Å². The fraction of sp³-hybridized carbons (Fsp3) is 0.267. The fourth-order valence-electron chi connectivity index (χ4n) is 1.87. The minimum atomic E-state index is -2.75. The summed E-state index contributed by atoms with van der Waals surface area (Å²) in [6.07, 6.45) is -1.98. The molecule has 0 radical (unpaired) electrons. The van der Waals surface area contributed by atoms with Crippen LogP contribution < -0.4 is 11.1 Å². The van der Waals surface area contributed by atoms with Gasteiger partial charge in [0.05, 0.1) is 12.4 Å². The van der Waals surface area contributed by atoms with Gasteiger partial charge in [-0.2, -0.15) is 0 Å². The molecule has 1 aromatic carbocycles. The van der Waals surface area contributed by atoms with Gasteiger partial charge < -0.3 is 26.5 Å². The number of aromatic hydroxyl groups is 1. The van der Waals surface area contributed by atoms with Crippen LogP contribution in [-0.2, 0) is 0 Å². The van der Waals surface area contributed by atoms with E-state index < -0.39 is 30.4 Å². The van der Waals surface area contributed by atoms with Crippen molar-refractivity contribution in [1.82, 2.24) is 10.2 Å². The minimum Gasteiger partial charge on any atom is -0.505 e. The van der Waals surface area contributed by atoms with E-state index in [1.165, 1.54) is 13.0 Å². The predicted octanol–water partition coefficient (Wildman–Crippen LogP) is 1.65. The van der Waals surface area contributed by atoms with Crippen LogP contribution >= 0.6 is 0 Å². The second kappa shape index (κ2) is 8.71. The lowest BCUT2D eigenvalue weighted by molar-refractivity contribution is 0.0956. The molecule has 0 bridgehead atoms. The number of benzene rings is 1. The Kier molecular flexibility index (Phi) is 6.97. The highest BCUT2D eigenvalue weighted by atomic mass is 19.3. The van der Waals surface area contributed by atoms with E-state index in [2.05, 4.69) is 5.32 Å². The van der Waals surface area contributed by atoms with Gasteiger partial charge in [0.2, 0.25) is 0 Å².